The zero-order valence-corrected chi connectivity index (χ0v) is 12.9. The van der Waals surface area contributed by atoms with E-state index in [9.17, 15) is 4.79 Å². The zero-order valence-electron chi connectivity index (χ0n) is 12.9. The van der Waals surface area contributed by atoms with Gasteiger partial charge < -0.3 is 0 Å². The molecule has 2 aliphatic rings. The van der Waals surface area contributed by atoms with Crippen LogP contribution < -0.4 is 0 Å². The van der Waals surface area contributed by atoms with E-state index in [2.05, 4.69) is 52.8 Å². The van der Waals surface area contributed by atoms with E-state index in [0.29, 0.717) is 11.7 Å². The molecule has 0 saturated heterocycles. The minimum atomic E-state index is -0.00922. The highest BCUT2D eigenvalue weighted by molar-refractivity contribution is 6.00. The van der Waals surface area contributed by atoms with Crippen LogP contribution in [0.3, 0.4) is 0 Å². The Balaban J connectivity index is 2.33. The molecule has 104 valence electrons. The Labute approximate surface area is 117 Å². The molecule has 0 fully saturated rings. The third kappa shape index (κ3) is 2.75. The Kier molecular flexibility index (Phi) is 3.85. The molecule has 0 aromatic carbocycles. The highest BCUT2D eigenvalue weighted by atomic mass is 16.1. The van der Waals surface area contributed by atoms with Crippen molar-refractivity contribution in [3.8, 4) is 0 Å². The molecule has 0 radical (unpaired) electrons. The Bertz CT molecular complexity index is 474. The van der Waals surface area contributed by atoms with Crippen molar-refractivity contribution < 1.29 is 4.79 Å². The molecule has 1 nitrogen and oxygen atoms in total. The normalized spacial score (nSPS) is 30.3. The molecule has 0 heterocycles. The first-order valence-corrected chi connectivity index (χ1v) is 7.40. The van der Waals surface area contributed by atoms with E-state index < -0.39 is 0 Å². The lowest BCUT2D eigenvalue weighted by Crippen LogP contribution is -2.33. The number of allylic oxidation sites excluding steroid dienone is 6. The van der Waals surface area contributed by atoms with Gasteiger partial charge in [-0.1, -0.05) is 44.6 Å². The Morgan fingerprint density at radius 3 is 2.63 bits per heavy atom. The predicted molar refractivity (Wildman–Crippen MR) is 80.9 cm³/mol. The molecule has 0 aromatic heterocycles. The second kappa shape index (κ2) is 5.11. The quantitative estimate of drug-likeness (QED) is 0.647. The van der Waals surface area contributed by atoms with Gasteiger partial charge in [-0.2, -0.15) is 0 Å². The lowest BCUT2D eigenvalue weighted by Gasteiger charge is -2.35. The van der Waals surface area contributed by atoms with Crippen LogP contribution in [-0.4, -0.2) is 5.78 Å². The monoisotopic (exact) mass is 258 g/mol. The summed E-state index contributed by atoms with van der Waals surface area (Å²) in [6.45, 7) is 10.8. The largest absolute Gasteiger partial charge is 0.294 e. The van der Waals surface area contributed by atoms with Crippen molar-refractivity contribution in [3.63, 3.8) is 0 Å². The van der Waals surface area contributed by atoms with Gasteiger partial charge in [-0.15, -0.1) is 0 Å². The number of hydrogen-bond acceptors (Lipinski definition) is 1. The highest BCUT2D eigenvalue weighted by Gasteiger charge is 2.37. The topological polar surface area (TPSA) is 17.1 Å². The van der Waals surface area contributed by atoms with Gasteiger partial charge in [-0.3, -0.25) is 4.79 Å². The minimum Gasteiger partial charge on any atom is -0.294 e. The molecule has 2 aliphatic carbocycles. The van der Waals surface area contributed by atoms with Gasteiger partial charge in [-0.05, 0) is 50.0 Å². The Hall–Kier alpha value is -1.11. The van der Waals surface area contributed by atoms with Crippen LogP contribution in [0.25, 0.3) is 0 Å². The van der Waals surface area contributed by atoms with Crippen LogP contribution in [0.5, 0.6) is 0 Å². The standard InChI is InChI=1S/C18H26O/c1-12-8-9-13(2)15(11-12)17(19)16-14(3)7-6-10-18(16,4)5/h6-8,13,15H,9-11H2,1-5H3. The van der Waals surface area contributed by atoms with Crippen LogP contribution >= 0.6 is 0 Å². The van der Waals surface area contributed by atoms with E-state index in [4.69, 9.17) is 0 Å². The van der Waals surface area contributed by atoms with Crippen LogP contribution in [0, 0.1) is 17.3 Å². The summed E-state index contributed by atoms with van der Waals surface area (Å²) < 4.78 is 0. The van der Waals surface area contributed by atoms with Crippen LogP contribution in [0.15, 0.2) is 34.9 Å². The first-order valence-electron chi connectivity index (χ1n) is 7.40. The van der Waals surface area contributed by atoms with Crippen molar-refractivity contribution in [2.24, 2.45) is 17.3 Å². The van der Waals surface area contributed by atoms with Gasteiger partial charge in [0.25, 0.3) is 0 Å². The summed E-state index contributed by atoms with van der Waals surface area (Å²) in [5.41, 5.74) is 3.60. The molecule has 0 aromatic rings. The summed E-state index contributed by atoms with van der Waals surface area (Å²) in [6.07, 6.45) is 9.57. The summed E-state index contributed by atoms with van der Waals surface area (Å²) in [4.78, 5) is 13.0. The average molecular weight is 258 g/mol. The average Bonchev–Trinajstić information content (AvgIpc) is 2.30. The molecule has 0 amide bonds. The summed E-state index contributed by atoms with van der Waals surface area (Å²) >= 11 is 0. The maximum absolute atomic E-state index is 13.0. The maximum Gasteiger partial charge on any atom is 0.163 e. The SMILES string of the molecule is CC1=CCC(C)C(C(=O)C2=C(C)C=CCC2(C)C)C1. The molecule has 2 unspecified atom stereocenters. The first kappa shape index (κ1) is 14.3. The molecule has 1 heteroatoms. The Morgan fingerprint density at radius 2 is 2.00 bits per heavy atom. The van der Waals surface area contributed by atoms with Gasteiger partial charge in [0, 0.05) is 11.5 Å². The molecular formula is C18H26O. The van der Waals surface area contributed by atoms with Crippen molar-refractivity contribution >= 4 is 5.78 Å². The molecule has 0 bridgehead atoms. The number of carbonyl (C=O) groups is 1. The molecular weight excluding hydrogens is 232 g/mol. The van der Waals surface area contributed by atoms with Gasteiger partial charge in [0.15, 0.2) is 5.78 Å². The van der Waals surface area contributed by atoms with E-state index in [-0.39, 0.29) is 11.3 Å². The van der Waals surface area contributed by atoms with Crippen molar-refractivity contribution in [1.82, 2.24) is 0 Å². The summed E-state index contributed by atoms with van der Waals surface area (Å²) in [5.74, 6) is 1.05. The van der Waals surface area contributed by atoms with Crippen molar-refractivity contribution in [1.29, 1.82) is 0 Å². The first-order chi connectivity index (χ1) is 8.83. The fraction of sp³-hybridized carbons (Fsp3) is 0.611. The van der Waals surface area contributed by atoms with Gasteiger partial charge in [0.05, 0.1) is 0 Å². The zero-order chi connectivity index (χ0) is 14.2. The molecule has 2 atom stereocenters. The molecule has 0 N–H and O–H groups in total. The third-order valence-electron chi connectivity index (χ3n) is 4.72. The van der Waals surface area contributed by atoms with Crippen molar-refractivity contribution in [2.45, 2.75) is 53.9 Å². The maximum atomic E-state index is 13.0. The van der Waals surface area contributed by atoms with E-state index in [0.717, 1.165) is 24.8 Å². The van der Waals surface area contributed by atoms with Crippen molar-refractivity contribution in [3.05, 3.63) is 34.9 Å². The van der Waals surface area contributed by atoms with E-state index in [1.165, 1.54) is 11.1 Å². The second-order valence-electron chi connectivity index (χ2n) is 6.99. The smallest absolute Gasteiger partial charge is 0.163 e. The Morgan fingerprint density at radius 1 is 1.32 bits per heavy atom. The highest BCUT2D eigenvalue weighted by Crippen LogP contribution is 2.41. The summed E-state index contributed by atoms with van der Waals surface area (Å²) in [7, 11) is 0. The second-order valence-corrected chi connectivity index (χ2v) is 6.99. The van der Waals surface area contributed by atoms with Gasteiger partial charge >= 0.3 is 0 Å². The molecule has 0 saturated carbocycles. The minimum absolute atomic E-state index is 0.00922. The fourth-order valence-electron chi connectivity index (χ4n) is 3.50. The van der Waals surface area contributed by atoms with E-state index >= 15 is 0 Å². The third-order valence-corrected chi connectivity index (χ3v) is 4.72. The number of ketones is 1. The van der Waals surface area contributed by atoms with Crippen LogP contribution in [0.1, 0.15) is 53.9 Å². The lowest BCUT2D eigenvalue weighted by atomic mass is 9.68. The number of rotatable bonds is 2. The van der Waals surface area contributed by atoms with Crippen molar-refractivity contribution in [2.75, 3.05) is 0 Å². The van der Waals surface area contributed by atoms with E-state index in [1.807, 2.05) is 0 Å². The number of Topliss-reactive ketones (excluding diaryl/α,β-unsaturated/α-hetero) is 1. The number of hydrogen-bond donors (Lipinski definition) is 0. The molecule has 0 spiro atoms. The summed E-state index contributed by atoms with van der Waals surface area (Å²) in [6, 6.07) is 0. The lowest BCUT2D eigenvalue weighted by molar-refractivity contribution is -0.121. The predicted octanol–water partition coefficient (Wildman–Crippen LogP) is 4.85. The van der Waals surface area contributed by atoms with Crippen LogP contribution in [0.2, 0.25) is 0 Å². The molecule has 19 heavy (non-hydrogen) atoms. The van der Waals surface area contributed by atoms with Gasteiger partial charge in [-0.25, -0.2) is 0 Å². The van der Waals surface area contributed by atoms with Crippen LogP contribution in [-0.2, 0) is 4.79 Å². The van der Waals surface area contributed by atoms with Gasteiger partial charge in [0.2, 0.25) is 0 Å². The van der Waals surface area contributed by atoms with Gasteiger partial charge in [0.1, 0.15) is 0 Å². The fourth-order valence-corrected chi connectivity index (χ4v) is 3.50. The van der Waals surface area contributed by atoms with Crippen LogP contribution in [0.4, 0.5) is 0 Å². The number of carbonyl (C=O) groups excluding carboxylic acids is 1. The molecule has 0 aliphatic heterocycles. The summed E-state index contributed by atoms with van der Waals surface area (Å²) in [5, 5.41) is 0. The van der Waals surface area contributed by atoms with E-state index in [1.54, 1.807) is 0 Å². The molecule has 2 rings (SSSR count).